The highest BCUT2D eigenvalue weighted by molar-refractivity contribution is 7.11. The molecule has 1 aliphatic heterocycles. The minimum atomic E-state index is 0.192. The van der Waals surface area contributed by atoms with Crippen molar-refractivity contribution in [1.29, 1.82) is 0 Å². The standard InChI is InChI=1S/C17H27N5S/c1-17(2,3)14-10-19-15(23-14)11-18-13-6-5-9-22(12-13)16-7-8-20-21(16)4/h7-8,10,13,18H,5-6,9,11-12H2,1-4H3/t13-/m0/s1. The fourth-order valence-electron chi connectivity index (χ4n) is 3.00. The third-order valence-electron chi connectivity index (χ3n) is 4.38. The van der Waals surface area contributed by atoms with Crippen LogP contribution in [-0.4, -0.2) is 33.9 Å². The first-order valence-electron chi connectivity index (χ1n) is 8.35. The molecule has 2 aromatic rings. The SMILES string of the molecule is Cn1nccc1N1CCC[C@H](NCc2ncc(C(C)(C)C)s2)C1. The van der Waals surface area contributed by atoms with Gasteiger partial charge in [0, 0.05) is 49.9 Å². The van der Waals surface area contributed by atoms with E-state index in [9.17, 15) is 0 Å². The summed E-state index contributed by atoms with van der Waals surface area (Å²) in [6, 6.07) is 2.61. The number of rotatable bonds is 4. The van der Waals surface area contributed by atoms with E-state index in [2.05, 4.69) is 47.1 Å². The van der Waals surface area contributed by atoms with Crippen molar-refractivity contribution in [2.24, 2.45) is 7.05 Å². The molecule has 5 nitrogen and oxygen atoms in total. The van der Waals surface area contributed by atoms with Gasteiger partial charge >= 0.3 is 0 Å². The predicted octanol–water partition coefficient (Wildman–Crippen LogP) is 2.93. The van der Waals surface area contributed by atoms with E-state index in [1.165, 1.54) is 28.5 Å². The van der Waals surface area contributed by atoms with E-state index >= 15 is 0 Å². The van der Waals surface area contributed by atoms with Crippen molar-refractivity contribution < 1.29 is 0 Å². The van der Waals surface area contributed by atoms with E-state index in [1.807, 2.05) is 35.5 Å². The maximum atomic E-state index is 4.58. The highest BCUT2D eigenvalue weighted by Crippen LogP contribution is 2.27. The van der Waals surface area contributed by atoms with Crippen LogP contribution in [0.3, 0.4) is 0 Å². The van der Waals surface area contributed by atoms with Crippen molar-refractivity contribution in [3.8, 4) is 0 Å². The van der Waals surface area contributed by atoms with Crippen LogP contribution in [0.15, 0.2) is 18.5 Å². The van der Waals surface area contributed by atoms with E-state index in [4.69, 9.17) is 0 Å². The van der Waals surface area contributed by atoms with E-state index in [0.717, 1.165) is 19.6 Å². The fourth-order valence-corrected chi connectivity index (χ4v) is 3.93. The second-order valence-corrected chi connectivity index (χ2v) is 8.46. The Hall–Kier alpha value is -1.40. The quantitative estimate of drug-likeness (QED) is 0.934. The lowest BCUT2D eigenvalue weighted by Crippen LogP contribution is -2.46. The maximum Gasteiger partial charge on any atom is 0.126 e. The van der Waals surface area contributed by atoms with Gasteiger partial charge in [-0.1, -0.05) is 20.8 Å². The van der Waals surface area contributed by atoms with Crippen LogP contribution in [0.4, 0.5) is 5.82 Å². The summed E-state index contributed by atoms with van der Waals surface area (Å²) in [5.41, 5.74) is 0.192. The van der Waals surface area contributed by atoms with Crippen LogP contribution in [0.1, 0.15) is 43.5 Å². The number of anilines is 1. The zero-order valence-electron chi connectivity index (χ0n) is 14.5. The minimum Gasteiger partial charge on any atom is -0.355 e. The second-order valence-electron chi connectivity index (χ2n) is 7.35. The Balaban J connectivity index is 1.56. The monoisotopic (exact) mass is 333 g/mol. The molecule has 3 rings (SSSR count). The normalized spacial score (nSPS) is 19.3. The van der Waals surface area contributed by atoms with Gasteiger partial charge in [-0.3, -0.25) is 4.68 Å². The van der Waals surface area contributed by atoms with Crippen molar-refractivity contribution in [3.63, 3.8) is 0 Å². The summed E-state index contributed by atoms with van der Waals surface area (Å²) in [6.07, 6.45) is 6.35. The molecule has 1 aliphatic rings. The molecule has 1 saturated heterocycles. The average molecular weight is 334 g/mol. The Bertz CT molecular complexity index is 639. The third-order valence-corrected chi connectivity index (χ3v) is 5.80. The Kier molecular flexibility index (Phi) is 4.73. The molecule has 3 heterocycles. The number of thiazole rings is 1. The second kappa shape index (κ2) is 6.61. The number of nitrogens with one attached hydrogen (secondary N) is 1. The molecule has 0 amide bonds. The lowest BCUT2D eigenvalue weighted by Gasteiger charge is -2.34. The molecule has 1 atom stereocenters. The minimum absolute atomic E-state index is 0.192. The van der Waals surface area contributed by atoms with Gasteiger partial charge < -0.3 is 10.2 Å². The summed E-state index contributed by atoms with van der Waals surface area (Å²) < 4.78 is 1.96. The molecular weight excluding hydrogens is 306 g/mol. The zero-order chi connectivity index (χ0) is 16.4. The molecule has 0 aromatic carbocycles. The van der Waals surface area contributed by atoms with E-state index in [0.29, 0.717) is 6.04 Å². The smallest absolute Gasteiger partial charge is 0.126 e. The fraction of sp³-hybridized carbons (Fsp3) is 0.647. The summed E-state index contributed by atoms with van der Waals surface area (Å²) in [5.74, 6) is 1.21. The van der Waals surface area contributed by atoms with Crippen LogP contribution in [0.25, 0.3) is 0 Å². The number of piperidine rings is 1. The molecule has 0 saturated carbocycles. The largest absolute Gasteiger partial charge is 0.355 e. The van der Waals surface area contributed by atoms with Crippen molar-refractivity contribution in [2.75, 3.05) is 18.0 Å². The first-order chi connectivity index (χ1) is 10.9. The summed E-state index contributed by atoms with van der Waals surface area (Å²) in [6.45, 7) is 9.74. The molecule has 126 valence electrons. The van der Waals surface area contributed by atoms with E-state index in [1.54, 1.807) is 0 Å². The zero-order valence-corrected chi connectivity index (χ0v) is 15.4. The van der Waals surface area contributed by atoms with Crippen LogP contribution < -0.4 is 10.2 Å². The van der Waals surface area contributed by atoms with Crippen LogP contribution in [-0.2, 0) is 19.0 Å². The van der Waals surface area contributed by atoms with Gasteiger partial charge in [0.2, 0.25) is 0 Å². The number of hydrogen-bond acceptors (Lipinski definition) is 5. The van der Waals surface area contributed by atoms with E-state index < -0.39 is 0 Å². The summed E-state index contributed by atoms with van der Waals surface area (Å²) in [4.78, 5) is 8.36. The van der Waals surface area contributed by atoms with E-state index in [-0.39, 0.29) is 5.41 Å². The molecule has 2 aromatic heterocycles. The van der Waals surface area contributed by atoms with Crippen LogP contribution in [0.5, 0.6) is 0 Å². The lowest BCUT2D eigenvalue weighted by molar-refractivity contribution is 0.417. The van der Waals surface area contributed by atoms with Crippen LogP contribution in [0, 0.1) is 0 Å². The molecule has 0 unspecified atom stereocenters. The first-order valence-corrected chi connectivity index (χ1v) is 9.16. The molecule has 0 spiro atoms. The van der Waals surface area contributed by atoms with Gasteiger partial charge in [0.25, 0.3) is 0 Å². The Morgan fingerprint density at radius 3 is 2.87 bits per heavy atom. The molecule has 0 aliphatic carbocycles. The topological polar surface area (TPSA) is 46.0 Å². The van der Waals surface area contributed by atoms with Gasteiger partial charge in [0.05, 0.1) is 6.20 Å². The highest BCUT2D eigenvalue weighted by Gasteiger charge is 2.22. The van der Waals surface area contributed by atoms with Gasteiger partial charge in [0.1, 0.15) is 10.8 Å². The molecular formula is C17H27N5S. The van der Waals surface area contributed by atoms with Crippen molar-refractivity contribution in [3.05, 3.63) is 28.3 Å². The first kappa shape index (κ1) is 16.5. The molecule has 1 fully saturated rings. The summed E-state index contributed by atoms with van der Waals surface area (Å²) >= 11 is 1.83. The molecule has 6 heteroatoms. The van der Waals surface area contributed by atoms with Crippen molar-refractivity contribution in [2.45, 2.75) is 51.6 Å². The van der Waals surface area contributed by atoms with Crippen molar-refractivity contribution in [1.82, 2.24) is 20.1 Å². The van der Waals surface area contributed by atoms with Crippen LogP contribution >= 0.6 is 11.3 Å². The molecule has 0 radical (unpaired) electrons. The van der Waals surface area contributed by atoms with Gasteiger partial charge in [-0.15, -0.1) is 11.3 Å². The molecule has 0 bridgehead atoms. The molecule has 1 N–H and O–H groups in total. The Labute approximate surface area is 142 Å². The number of aromatic nitrogens is 3. The van der Waals surface area contributed by atoms with Gasteiger partial charge in [-0.05, 0) is 18.3 Å². The lowest BCUT2D eigenvalue weighted by atomic mass is 9.96. The maximum absolute atomic E-state index is 4.58. The summed E-state index contributed by atoms with van der Waals surface area (Å²) in [7, 11) is 2.01. The van der Waals surface area contributed by atoms with Crippen LogP contribution in [0.2, 0.25) is 0 Å². The van der Waals surface area contributed by atoms with Gasteiger partial charge in [0.15, 0.2) is 0 Å². The highest BCUT2D eigenvalue weighted by atomic mass is 32.1. The Morgan fingerprint density at radius 1 is 1.39 bits per heavy atom. The van der Waals surface area contributed by atoms with Gasteiger partial charge in [-0.2, -0.15) is 5.10 Å². The Morgan fingerprint density at radius 2 is 2.22 bits per heavy atom. The number of nitrogens with zero attached hydrogens (tertiary/aromatic N) is 4. The molecule has 23 heavy (non-hydrogen) atoms. The average Bonchev–Trinajstić information content (AvgIpc) is 3.14. The third kappa shape index (κ3) is 3.93. The number of hydrogen-bond donors (Lipinski definition) is 1. The van der Waals surface area contributed by atoms with Gasteiger partial charge in [-0.25, -0.2) is 4.98 Å². The van der Waals surface area contributed by atoms with Crippen molar-refractivity contribution >= 4 is 17.2 Å². The predicted molar refractivity (Wildman–Crippen MR) is 96.1 cm³/mol. The number of aryl methyl sites for hydroxylation is 1. The summed E-state index contributed by atoms with van der Waals surface area (Å²) in [5, 5.41) is 9.16.